The van der Waals surface area contributed by atoms with E-state index in [1.807, 2.05) is 30.3 Å². The smallest absolute Gasteiger partial charge is 0.269 e. The number of nitrogens with one attached hydrogen (secondary N) is 1. The van der Waals surface area contributed by atoms with Crippen LogP contribution in [0.5, 0.6) is 0 Å². The standard InChI is InChI=1S/C19H25N3O2/c1-12(2)13-4-8-15(9-5-13)18(23)11-20-19(24)17-10-16(14-6-7-14)21-22(17)3/h4-5,8-10,12,14,18,23H,6-7,11H2,1-3H3,(H,20,24). The normalized spacial score (nSPS) is 15.5. The van der Waals surface area contributed by atoms with Gasteiger partial charge in [-0.2, -0.15) is 5.10 Å². The van der Waals surface area contributed by atoms with Crippen LogP contribution in [-0.4, -0.2) is 27.3 Å². The molecule has 1 atom stereocenters. The molecule has 128 valence electrons. The van der Waals surface area contributed by atoms with Gasteiger partial charge in [0, 0.05) is 19.5 Å². The third-order valence-electron chi connectivity index (χ3n) is 4.57. The number of hydrogen-bond acceptors (Lipinski definition) is 3. The topological polar surface area (TPSA) is 67.2 Å². The fourth-order valence-corrected chi connectivity index (χ4v) is 2.78. The lowest BCUT2D eigenvalue weighted by Crippen LogP contribution is -2.29. The van der Waals surface area contributed by atoms with Crippen LogP contribution in [0.1, 0.15) is 71.9 Å². The van der Waals surface area contributed by atoms with Gasteiger partial charge < -0.3 is 10.4 Å². The van der Waals surface area contributed by atoms with Gasteiger partial charge in [-0.1, -0.05) is 38.1 Å². The van der Waals surface area contributed by atoms with E-state index in [9.17, 15) is 9.90 Å². The summed E-state index contributed by atoms with van der Waals surface area (Å²) in [5.41, 5.74) is 3.58. The highest BCUT2D eigenvalue weighted by Crippen LogP contribution is 2.39. The van der Waals surface area contributed by atoms with E-state index in [4.69, 9.17) is 0 Å². The van der Waals surface area contributed by atoms with Crippen LogP contribution in [0.15, 0.2) is 30.3 Å². The molecule has 3 rings (SSSR count). The van der Waals surface area contributed by atoms with Gasteiger partial charge in [-0.3, -0.25) is 9.48 Å². The molecule has 0 aliphatic heterocycles. The Morgan fingerprint density at radius 2 is 1.92 bits per heavy atom. The zero-order valence-corrected chi connectivity index (χ0v) is 14.5. The van der Waals surface area contributed by atoms with Crippen LogP contribution in [0.3, 0.4) is 0 Å². The molecule has 2 aromatic rings. The van der Waals surface area contributed by atoms with Crippen LogP contribution >= 0.6 is 0 Å². The molecule has 2 N–H and O–H groups in total. The third kappa shape index (κ3) is 3.67. The predicted octanol–water partition coefficient (Wildman–Crippen LogP) is 2.88. The first-order chi connectivity index (χ1) is 11.5. The van der Waals surface area contributed by atoms with Crippen molar-refractivity contribution < 1.29 is 9.90 Å². The summed E-state index contributed by atoms with van der Waals surface area (Å²) >= 11 is 0. The number of aromatic nitrogens is 2. The van der Waals surface area contributed by atoms with Crippen molar-refractivity contribution in [2.45, 2.75) is 44.6 Å². The first-order valence-electron chi connectivity index (χ1n) is 8.55. The number of rotatable bonds is 6. The van der Waals surface area contributed by atoms with E-state index in [-0.39, 0.29) is 12.5 Å². The molecule has 5 heteroatoms. The summed E-state index contributed by atoms with van der Waals surface area (Å²) in [7, 11) is 1.78. The first-order valence-corrected chi connectivity index (χ1v) is 8.55. The number of aliphatic hydroxyl groups excluding tert-OH is 1. The number of amides is 1. The summed E-state index contributed by atoms with van der Waals surface area (Å²) in [5.74, 6) is 0.777. The van der Waals surface area contributed by atoms with E-state index in [2.05, 4.69) is 24.3 Å². The Morgan fingerprint density at radius 1 is 1.29 bits per heavy atom. The predicted molar refractivity (Wildman–Crippen MR) is 93.0 cm³/mol. The SMILES string of the molecule is CC(C)c1ccc(C(O)CNC(=O)c2cc(C3CC3)nn2C)cc1. The molecule has 0 saturated heterocycles. The Labute approximate surface area is 142 Å². The van der Waals surface area contributed by atoms with Gasteiger partial charge in [0.2, 0.25) is 0 Å². The van der Waals surface area contributed by atoms with E-state index in [1.54, 1.807) is 11.7 Å². The van der Waals surface area contributed by atoms with Crippen LogP contribution < -0.4 is 5.32 Å². The molecule has 1 saturated carbocycles. The van der Waals surface area contributed by atoms with E-state index >= 15 is 0 Å². The average Bonchev–Trinajstić information content (AvgIpc) is 3.35. The monoisotopic (exact) mass is 327 g/mol. The molecule has 1 unspecified atom stereocenters. The minimum Gasteiger partial charge on any atom is -0.387 e. The highest BCUT2D eigenvalue weighted by atomic mass is 16.3. The fourth-order valence-electron chi connectivity index (χ4n) is 2.78. The lowest BCUT2D eigenvalue weighted by Gasteiger charge is -2.13. The molecule has 0 radical (unpaired) electrons. The number of aryl methyl sites for hydroxylation is 1. The Kier molecular flexibility index (Phi) is 4.71. The minimum absolute atomic E-state index is 0.184. The molecule has 1 fully saturated rings. The van der Waals surface area contributed by atoms with Crippen molar-refractivity contribution in [3.05, 3.63) is 52.8 Å². The molecule has 1 aliphatic carbocycles. The lowest BCUT2D eigenvalue weighted by molar-refractivity contribution is 0.0907. The van der Waals surface area contributed by atoms with Gasteiger partial charge in [-0.25, -0.2) is 0 Å². The highest BCUT2D eigenvalue weighted by molar-refractivity contribution is 5.92. The maximum absolute atomic E-state index is 12.3. The molecule has 1 aromatic carbocycles. The quantitative estimate of drug-likeness (QED) is 0.857. The van der Waals surface area contributed by atoms with Crippen molar-refractivity contribution in [3.63, 3.8) is 0 Å². The van der Waals surface area contributed by atoms with Crippen molar-refractivity contribution in [2.24, 2.45) is 7.05 Å². The van der Waals surface area contributed by atoms with Crippen molar-refractivity contribution >= 4 is 5.91 Å². The molecule has 1 heterocycles. The van der Waals surface area contributed by atoms with Crippen LogP contribution in [0.2, 0.25) is 0 Å². The molecular weight excluding hydrogens is 302 g/mol. The maximum Gasteiger partial charge on any atom is 0.269 e. The first kappa shape index (κ1) is 16.7. The summed E-state index contributed by atoms with van der Waals surface area (Å²) < 4.78 is 1.62. The van der Waals surface area contributed by atoms with Crippen LogP contribution in [-0.2, 0) is 7.05 Å². The number of hydrogen-bond donors (Lipinski definition) is 2. The largest absolute Gasteiger partial charge is 0.387 e. The highest BCUT2D eigenvalue weighted by Gasteiger charge is 2.28. The maximum atomic E-state index is 12.3. The molecule has 1 aromatic heterocycles. The van der Waals surface area contributed by atoms with Gasteiger partial charge in [0.25, 0.3) is 5.91 Å². The molecular formula is C19H25N3O2. The van der Waals surface area contributed by atoms with Crippen LogP contribution in [0.25, 0.3) is 0 Å². The molecule has 5 nitrogen and oxygen atoms in total. The van der Waals surface area contributed by atoms with Gasteiger partial charge in [0.05, 0.1) is 11.8 Å². The summed E-state index contributed by atoms with van der Waals surface area (Å²) in [6, 6.07) is 9.74. The van der Waals surface area contributed by atoms with E-state index in [0.29, 0.717) is 17.5 Å². The molecule has 0 bridgehead atoms. The minimum atomic E-state index is -0.716. The van der Waals surface area contributed by atoms with Crippen molar-refractivity contribution in [1.82, 2.24) is 15.1 Å². The van der Waals surface area contributed by atoms with Crippen LogP contribution in [0.4, 0.5) is 0 Å². The number of carbonyl (C=O) groups is 1. The van der Waals surface area contributed by atoms with Crippen molar-refractivity contribution in [3.8, 4) is 0 Å². The third-order valence-corrected chi connectivity index (χ3v) is 4.57. The second-order valence-corrected chi connectivity index (χ2v) is 6.90. The van der Waals surface area contributed by atoms with Gasteiger partial charge in [-0.15, -0.1) is 0 Å². The second kappa shape index (κ2) is 6.77. The van der Waals surface area contributed by atoms with Gasteiger partial charge >= 0.3 is 0 Å². The van der Waals surface area contributed by atoms with Crippen LogP contribution in [0, 0.1) is 0 Å². The van der Waals surface area contributed by atoms with Gasteiger partial charge in [-0.05, 0) is 36.0 Å². The van der Waals surface area contributed by atoms with Crippen molar-refractivity contribution in [2.75, 3.05) is 6.54 Å². The Bertz CT molecular complexity index is 715. The Hall–Kier alpha value is -2.14. The Balaban J connectivity index is 1.59. The van der Waals surface area contributed by atoms with Crippen molar-refractivity contribution in [1.29, 1.82) is 0 Å². The summed E-state index contributed by atoms with van der Waals surface area (Å²) in [4.78, 5) is 12.3. The molecule has 24 heavy (non-hydrogen) atoms. The van der Waals surface area contributed by atoms with E-state index in [0.717, 1.165) is 24.1 Å². The summed E-state index contributed by atoms with van der Waals surface area (Å²) in [6.45, 7) is 4.45. The Morgan fingerprint density at radius 3 is 2.50 bits per heavy atom. The number of nitrogens with zero attached hydrogens (tertiary/aromatic N) is 2. The average molecular weight is 327 g/mol. The molecule has 1 amide bonds. The fraction of sp³-hybridized carbons (Fsp3) is 0.474. The van der Waals surface area contributed by atoms with Gasteiger partial charge in [0.1, 0.15) is 5.69 Å². The van der Waals surface area contributed by atoms with Gasteiger partial charge in [0.15, 0.2) is 0 Å². The lowest BCUT2D eigenvalue weighted by atomic mass is 10.00. The molecule has 1 aliphatic rings. The number of carbonyl (C=O) groups excluding carboxylic acids is 1. The number of aliphatic hydroxyl groups is 1. The zero-order chi connectivity index (χ0) is 17.3. The second-order valence-electron chi connectivity index (χ2n) is 6.90. The zero-order valence-electron chi connectivity index (χ0n) is 14.5. The van der Waals surface area contributed by atoms with E-state index in [1.165, 1.54) is 5.56 Å². The summed E-state index contributed by atoms with van der Waals surface area (Å²) in [5, 5.41) is 17.5. The van der Waals surface area contributed by atoms with E-state index < -0.39 is 6.10 Å². The molecule has 0 spiro atoms. The number of benzene rings is 1. The summed E-state index contributed by atoms with van der Waals surface area (Å²) in [6.07, 6.45) is 1.60.